The van der Waals surface area contributed by atoms with Gasteiger partial charge in [0.15, 0.2) is 13.1 Å². The maximum Gasteiger partial charge on any atom is 0.262 e. The second-order valence-electron chi connectivity index (χ2n) is 12.7. The van der Waals surface area contributed by atoms with E-state index in [1.54, 1.807) is 0 Å². The Labute approximate surface area is 349 Å². The lowest BCUT2D eigenvalue weighted by atomic mass is 10.2. The van der Waals surface area contributed by atoms with Gasteiger partial charge in [-0.05, 0) is 59.7 Å². The molecule has 6 aromatic rings. The molecule has 310 valence electrons. The Bertz CT molecular complexity index is 2050. The molecular weight excluding hydrogens is 831 g/mol. The standard InChI is InChI=1S/C40H44N4O2S2.2ClHO4/c1-41(2)33-19-13-31(14-20-33)17-23-39-43(35-9-5-7-11-37(35)47-39)25-27-45-29-30-46-28-26-44-36-10-6-8-12-38(36)48-40(44)24-18-32-15-21-34(22-16-32)42(3)4;2*2-1(3,4)5/h5-24H,25-30H2,1-4H3;2*(H,2,3,4,5)/q+2;;/p-2. The zero-order valence-electron chi connectivity index (χ0n) is 32.2. The summed E-state index contributed by atoms with van der Waals surface area (Å²) in [5, 5.41) is 2.42. The highest BCUT2D eigenvalue weighted by atomic mass is 35.7. The van der Waals surface area contributed by atoms with Crippen LogP contribution in [0.25, 0.3) is 44.7 Å². The predicted molar refractivity (Wildman–Crippen MR) is 205 cm³/mol. The maximum absolute atomic E-state index is 8.49. The number of aromatic nitrogens is 2. The van der Waals surface area contributed by atoms with Crippen LogP contribution in [0.2, 0.25) is 0 Å². The summed E-state index contributed by atoms with van der Waals surface area (Å²) in [4.78, 5) is 4.23. The summed E-state index contributed by atoms with van der Waals surface area (Å²) in [6.45, 7) is 3.96. The van der Waals surface area contributed by atoms with Crippen LogP contribution in [-0.2, 0) is 22.6 Å². The summed E-state index contributed by atoms with van der Waals surface area (Å²) in [6, 6.07) is 34.4. The molecule has 4 aromatic carbocycles. The number of rotatable bonds is 15. The first-order valence-corrected chi connectivity index (χ1v) is 21.7. The summed E-state index contributed by atoms with van der Waals surface area (Å²) in [5.74, 6) is 0. The number of hydrogen-bond donors (Lipinski definition) is 0. The minimum Gasteiger partial charge on any atom is -0.378 e. The van der Waals surface area contributed by atoms with E-state index < -0.39 is 20.5 Å². The van der Waals surface area contributed by atoms with E-state index in [-0.39, 0.29) is 0 Å². The van der Waals surface area contributed by atoms with Gasteiger partial charge in [-0.1, -0.05) is 71.2 Å². The van der Waals surface area contributed by atoms with Crippen molar-refractivity contribution in [1.29, 1.82) is 0 Å². The Balaban J connectivity index is 0.000000665. The number of para-hydroxylation sites is 2. The maximum atomic E-state index is 8.49. The normalized spacial score (nSPS) is 11.9. The van der Waals surface area contributed by atoms with Crippen molar-refractivity contribution < 1.29 is 76.4 Å². The highest BCUT2D eigenvalue weighted by Crippen LogP contribution is 2.24. The molecule has 0 aliphatic rings. The number of nitrogens with zero attached hydrogens (tertiary/aromatic N) is 4. The van der Waals surface area contributed by atoms with Crippen LogP contribution in [0.1, 0.15) is 21.1 Å². The van der Waals surface area contributed by atoms with Gasteiger partial charge in [0.1, 0.15) is 22.6 Å². The number of anilines is 2. The second-order valence-corrected chi connectivity index (χ2v) is 16.4. The fourth-order valence-corrected chi connectivity index (χ4v) is 7.73. The van der Waals surface area contributed by atoms with Gasteiger partial charge in [-0.25, -0.2) is 37.3 Å². The monoisotopic (exact) mass is 874 g/mol. The van der Waals surface area contributed by atoms with Crippen LogP contribution in [-0.4, -0.2) is 54.6 Å². The van der Waals surface area contributed by atoms with E-state index in [0.29, 0.717) is 26.4 Å². The average Bonchev–Trinajstić information content (AvgIpc) is 3.70. The van der Waals surface area contributed by atoms with Crippen molar-refractivity contribution in [2.24, 2.45) is 0 Å². The second kappa shape index (κ2) is 22.3. The topological polar surface area (TPSA) is 217 Å². The van der Waals surface area contributed by atoms with Crippen molar-refractivity contribution in [3.8, 4) is 0 Å². The minimum absolute atomic E-state index is 0.566. The van der Waals surface area contributed by atoms with Crippen LogP contribution in [0.15, 0.2) is 97.1 Å². The average molecular weight is 876 g/mol. The van der Waals surface area contributed by atoms with Gasteiger partial charge >= 0.3 is 0 Å². The smallest absolute Gasteiger partial charge is 0.262 e. The zero-order valence-corrected chi connectivity index (χ0v) is 35.4. The van der Waals surface area contributed by atoms with Crippen molar-refractivity contribution in [3.05, 3.63) is 118 Å². The molecule has 0 amide bonds. The number of hydrogen-bond acceptors (Lipinski definition) is 14. The highest BCUT2D eigenvalue weighted by Gasteiger charge is 2.19. The van der Waals surface area contributed by atoms with Gasteiger partial charge in [0.2, 0.25) is 11.0 Å². The Morgan fingerprint density at radius 3 is 1.14 bits per heavy atom. The lowest BCUT2D eigenvalue weighted by molar-refractivity contribution is -2.00. The molecule has 58 heavy (non-hydrogen) atoms. The van der Waals surface area contributed by atoms with Gasteiger partial charge in [0.05, 0.1) is 13.2 Å². The van der Waals surface area contributed by atoms with Gasteiger partial charge in [-0.2, -0.15) is 9.13 Å². The highest BCUT2D eigenvalue weighted by molar-refractivity contribution is 7.19. The molecule has 18 heteroatoms. The third-order valence-corrected chi connectivity index (χ3v) is 10.5. The molecule has 0 aliphatic carbocycles. The predicted octanol–water partition coefficient (Wildman–Crippen LogP) is -1.61. The molecule has 0 radical (unpaired) electrons. The third kappa shape index (κ3) is 16.3. The van der Waals surface area contributed by atoms with E-state index in [1.165, 1.54) is 53.0 Å². The van der Waals surface area contributed by atoms with Crippen LogP contribution in [0, 0.1) is 20.5 Å². The first-order chi connectivity index (χ1) is 27.5. The fourth-order valence-electron chi connectivity index (χ4n) is 5.55. The summed E-state index contributed by atoms with van der Waals surface area (Å²) in [7, 11) is -1.64. The van der Waals surface area contributed by atoms with Gasteiger partial charge in [-0.15, -0.1) is 20.5 Å². The summed E-state index contributed by atoms with van der Waals surface area (Å²) < 4.78 is 87.3. The number of halogens is 2. The number of benzene rings is 4. The van der Waals surface area contributed by atoms with Gasteiger partial charge < -0.3 is 19.3 Å². The van der Waals surface area contributed by atoms with Crippen LogP contribution >= 0.6 is 22.7 Å². The number of ether oxygens (including phenoxy) is 2. The van der Waals surface area contributed by atoms with E-state index in [0.717, 1.165) is 13.1 Å². The van der Waals surface area contributed by atoms with E-state index in [1.807, 2.05) is 22.7 Å². The molecule has 0 bridgehead atoms. The van der Waals surface area contributed by atoms with Crippen molar-refractivity contribution in [1.82, 2.24) is 0 Å². The van der Waals surface area contributed by atoms with Crippen molar-refractivity contribution in [2.45, 2.75) is 13.1 Å². The SMILES string of the molecule is CN(C)c1ccc(/C=C/c2sc3ccccc3[n+]2CCOCCOCC[n+]2c(/C=C/c3ccc(N(C)C)cc3)sc3ccccc32)cc1.[O-][Cl+3]([O-])([O-])[O-].[O-][Cl+3]([O-])([O-])[O-]. The van der Waals surface area contributed by atoms with Gasteiger partial charge in [0.25, 0.3) is 10.0 Å². The number of fused-ring (bicyclic) bond motifs is 2. The van der Waals surface area contributed by atoms with Crippen LogP contribution in [0.5, 0.6) is 0 Å². The Morgan fingerprint density at radius 2 is 0.810 bits per heavy atom. The first-order valence-electron chi connectivity index (χ1n) is 17.6. The largest absolute Gasteiger partial charge is 0.378 e. The third-order valence-electron chi connectivity index (χ3n) is 8.22. The Kier molecular flexibility index (Phi) is 17.9. The summed E-state index contributed by atoms with van der Waals surface area (Å²) in [5.41, 5.74) is 7.24. The molecule has 6 rings (SSSR count). The van der Waals surface area contributed by atoms with Gasteiger partial charge in [-0.3, -0.25) is 0 Å². The van der Waals surface area contributed by atoms with Crippen molar-refractivity contribution in [2.75, 3.05) is 64.4 Å². The van der Waals surface area contributed by atoms with Gasteiger partial charge in [0, 0.05) is 63.9 Å². The fraction of sp³-hybridized carbons (Fsp3) is 0.250. The lowest BCUT2D eigenvalue weighted by Crippen LogP contribution is -2.68. The van der Waals surface area contributed by atoms with E-state index in [9.17, 15) is 0 Å². The minimum atomic E-state index is -4.94. The molecular formula is C40H44Cl2N4O10S2. The van der Waals surface area contributed by atoms with Crippen LogP contribution in [0.3, 0.4) is 0 Å². The van der Waals surface area contributed by atoms with E-state index >= 15 is 0 Å². The molecule has 14 nitrogen and oxygen atoms in total. The van der Waals surface area contributed by atoms with Crippen LogP contribution in [0.4, 0.5) is 11.4 Å². The van der Waals surface area contributed by atoms with E-state index in [4.69, 9.17) is 46.7 Å². The molecule has 0 saturated heterocycles. The molecule has 0 saturated carbocycles. The van der Waals surface area contributed by atoms with Crippen molar-refractivity contribution >= 4 is 78.8 Å². The molecule has 0 atom stereocenters. The summed E-state index contributed by atoms with van der Waals surface area (Å²) >= 11 is 3.62. The van der Waals surface area contributed by atoms with E-state index in [2.05, 4.69) is 168 Å². The summed E-state index contributed by atoms with van der Waals surface area (Å²) in [6.07, 6.45) is 8.81. The van der Waals surface area contributed by atoms with Crippen molar-refractivity contribution in [3.63, 3.8) is 0 Å². The number of thiazole rings is 2. The quantitative estimate of drug-likeness (QED) is 0.0841. The zero-order chi connectivity index (χ0) is 42.3. The first kappa shape index (κ1) is 46.6. The molecule has 0 aliphatic heterocycles. The Morgan fingerprint density at radius 1 is 0.483 bits per heavy atom. The molecule has 0 spiro atoms. The molecule has 2 heterocycles. The molecule has 0 N–H and O–H groups in total. The van der Waals surface area contributed by atoms with Crippen LogP contribution < -0.4 is 56.2 Å². The molecule has 2 aromatic heterocycles. The lowest BCUT2D eigenvalue weighted by Gasteiger charge is -2.17. The molecule has 0 fully saturated rings. The molecule has 0 unspecified atom stereocenters. The Hall–Kier alpha value is -4.08.